The second-order valence-electron chi connectivity index (χ2n) is 6.49. The first kappa shape index (κ1) is 21.3. The van der Waals surface area contributed by atoms with Gasteiger partial charge in [0.05, 0.1) is 18.4 Å². The first-order valence-corrected chi connectivity index (χ1v) is 9.37. The van der Waals surface area contributed by atoms with Crippen LogP contribution in [-0.4, -0.2) is 39.5 Å². The summed E-state index contributed by atoms with van der Waals surface area (Å²) in [5.74, 6) is -0.164. The van der Waals surface area contributed by atoms with E-state index in [1.807, 2.05) is 6.92 Å². The van der Waals surface area contributed by atoms with Gasteiger partial charge in [-0.2, -0.15) is 0 Å². The number of thioether (sulfide) groups is 1. The van der Waals surface area contributed by atoms with Gasteiger partial charge >= 0.3 is 0 Å². The molecular weight excluding hydrogens is 458 g/mol. The number of ether oxygens (including phenoxy) is 1. The zero-order valence-electron chi connectivity index (χ0n) is 15.1. The number of amides is 1. The van der Waals surface area contributed by atoms with E-state index in [-0.39, 0.29) is 57.0 Å². The molecule has 1 aromatic heterocycles. The molecule has 3 heterocycles. The smallest absolute Gasteiger partial charge is 0.257 e. The van der Waals surface area contributed by atoms with Crippen LogP contribution in [0, 0.1) is 17.9 Å². The molecule has 0 saturated carbocycles. The molecule has 3 atom stereocenters. The Balaban J connectivity index is 0.00000225. The van der Waals surface area contributed by atoms with Crippen molar-refractivity contribution in [2.75, 3.05) is 17.7 Å². The van der Waals surface area contributed by atoms with Gasteiger partial charge in [0, 0.05) is 55.6 Å². The van der Waals surface area contributed by atoms with Crippen molar-refractivity contribution in [1.29, 1.82) is 0 Å². The minimum atomic E-state index is -0.888. The standard InChI is InChI=1S/C18H17FN5O2S.Y/c1-10-13-8-27-17(20)24-18(13,9-26-10)12-6-11(2-3-14(12)19)23-16(25)15-7-21-4-5-22-15;/h2-3,5-7,10,13H,8-9H2,1H3,(H2,20,24)(H,23,25);/q-1;/t10-,13-,18-;/m1./s1. The van der Waals surface area contributed by atoms with Crippen molar-refractivity contribution in [2.24, 2.45) is 16.6 Å². The Morgan fingerprint density at radius 2 is 2.32 bits per heavy atom. The number of carbonyl (C=O) groups excluding carboxylic acids is 1. The van der Waals surface area contributed by atoms with Crippen LogP contribution in [0.25, 0.3) is 0 Å². The Morgan fingerprint density at radius 3 is 3.07 bits per heavy atom. The van der Waals surface area contributed by atoms with Gasteiger partial charge in [0.2, 0.25) is 0 Å². The second-order valence-corrected chi connectivity index (χ2v) is 7.53. The molecule has 0 bridgehead atoms. The molecule has 143 valence electrons. The number of amidine groups is 1. The molecule has 1 fully saturated rings. The number of halogens is 1. The molecule has 1 aromatic carbocycles. The number of nitrogens with one attached hydrogen (secondary N) is 1. The van der Waals surface area contributed by atoms with E-state index in [9.17, 15) is 9.18 Å². The van der Waals surface area contributed by atoms with Crippen LogP contribution in [0.15, 0.2) is 35.6 Å². The van der Waals surface area contributed by atoms with Crippen molar-refractivity contribution in [2.45, 2.75) is 18.6 Å². The van der Waals surface area contributed by atoms with Crippen LogP contribution < -0.4 is 11.1 Å². The molecule has 4 rings (SSSR count). The van der Waals surface area contributed by atoms with Crippen molar-refractivity contribution >= 4 is 28.5 Å². The summed E-state index contributed by atoms with van der Waals surface area (Å²) in [6.07, 6.45) is 5.06. The Labute approximate surface area is 191 Å². The van der Waals surface area contributed by atoms with Crippen LogP contribution in [-0.2, 0) is 43.0 Å². The van der Waals surface area contributed by atoms with Crippen molar-refractivity contribution in [3.8, 4) is 0 Å². The number of hydrogen-bond acceptors (Lipinski definition) is 7. The molecule has 7 nitrogen and oxygen atoms in total. The van der Waals surface area contributed by atoms with Gasteiger partial charge in [-0.3, -0.25) is 9.78 Å². The molecular formula is C18H17FN5O2SY-. The number of rotatable bonds is 3. The van der Waals surface area contributed by atoms with Gasteiger partial charge in [0.15, 0.2) is 5.17 Å². The van der Waals surface area contributed by atoms with Crippen molar-refractivity contribution < 1.29 is 46.6 Å². The van der Waals surface area contributed by atoms with Gasteiger partial charge in [-0.05, 0) is 31.3 Å². The molecule has 0 spiro atoms. The van der Waals surface area contributed by atoms with Gasteiger partial charge in [-0.25, -0.2) is 9.38 Å². The summed E-state index contributed by atoms with van der Waals surface area (Å²) in [5, 5.41) is 3.13. The van der Waals surface area contributed by atoms with E-state index in [0.717, 1.165) is 0 Å². The van der Waals surface area contributed by atoms with Crippen LogP contribution >= 0.6 is 11.8 Å². The van der Waals surface area contributed by atoms with Crippen LogP contribution in [0.2, 0.25) is 0 Å². The van der Waals surface area contributed by atoms with Crippen LogP contribution in [0.1, 0.15) is 23.0 Å². The Bertz CT molecular complexity index is 916. The summed E-state index contributed by atoms with van der Waals surface area (Å²) < 4.78 is 20.6. The zero-order valence-corrected chi connectivity index (χ0v) is 18.7. The number of nitrogens with zero attached hydrogens (tertiary/aromatic N) is 3. The summed E-state index contributed by atoms with van der Waals surface area (Å²) in [5.41, 5.74) is 6.01. The molecule has 1 radical (unpaired) electrons. The molecule has 0 unspecified atom stereocenters. The Hall–Kier alpha value is -1.42. The molecule has 0 aliphatic carbocycles. The maximum atomic E-state index is 14.8. The predicted molar refractivity (Wildman–Crippen MR) is 99.9 cm³/mol. The molecule has 2 aliphatic rings. The topological polar surface area (TPSA) is 102 Å². The van der Waals surface area contributed by atoms with E-state index in [4.69, 9.17) is 10.5 Å². The molecule has 2 aliphatic heterocycles. The average molecular weight is 475 g/mol. The van der Waals surface area contributed by atoms with Gasteiger partial charge in [0.25, 0.3) is 5.91 Å². The largest absolute Gasteiger partial charge is 0.455 e. The molecule has 3 N–H and O–H groups in total. The fourth-order valence-corrected chi connectivity index (χ4v) is 4.64. The van der Waals surface area contributed by atoms with Crippen molar-refractivity contribution in [1.82, 2.24) is 9.97 Å². The van der Waals surface area contributed by atoms with E-state index in [0.29, 0.717) is 22.2 Å². The minimum Gasteiger partial charge on any atom is -0.455 e. The van der Waals surface area contributed by atoms with Gasteiger partial charge in [-0.15, -0.1) is 6.20 Å². The van der Waals surface area contributed by atoms with E-state index < -0.39 is 17.3 Å². The molecule has 1 saturated heterocycles. The van der Waals surface area contributed by atoms with Gasteiger partial charge in [0.1, 0.15) is 11.4 Å². The summed E-state index contributed by atoms with van der Waals surface area (Å²) >= 11 is 1.45. The fourth-order valence-electron chi connectivity index (χ4n) is 3.51. The number of carbonyl (C=O) groups is 1. The number of aliphatic imine (C=N–C) groups is 1. The molecule has 1 amide bonds. The number of hydrogen-bond donors (Lipinski definition) is 2. The van der Waals surface area contributed by atoms with Crippen LogP contribution in [0.5, 0.6) is 0 Å². The third-order valence-electron chi connectivity index (χ3n) is 4.91. The van der Waals surface area contributed by atoms with Crippen LogP contribution in [0.4, 0.5) is 10.1 Å². The Kier molecular flexibility index (Phi) is 6.49. The third-order valence-corrected chi connectivity index (χ3v) is 5.83. The second kappa shape index (κ2) is 8.53. The summed E-state index contributed by atoms with van der Waals surface area (Å²) in [6.45, 7) is 2.20. The van der Waals surface area contributed by atoms with Crippen molar-refractivity contribution in [3.63, 3.8) is 0 Å². The van der Waals surface area contributed by atoms with Gasteiger partial charge < -0.3 is 20.8 Å². The third kappa shape index (κ3) is 3.85. The quantitative estimate of drug-likeness (QED) is 0.659. The summed E-state index contributed by atoms with van der Waals surface area (Å²) in [7, 11) is 0. The number of fused-ring (bicyclic) bond motifs is 1. The number of aromatic nitrogens is 2. The number of anilines is 1. The van der Waals surface area contributed by atoms with E-state index in [2.05, 4.69) is 26.5 Å². The average Bonchev–Trinajstić information content (AvgIpc) is 3.00. The first-order valence-electron chi connectivity index (χ1n) is 8.39. The molecule has 2 aromatic rings. The summed E-state index contributed by atoms with van der Waals surface area (Å²) in [6, 6.07) is 4.41. The molecule has 28 heavy (non-hydrogen) atoms. The number of benzene rings is 1. The van der Waals surface area contributed by atoms with Crippen LogP contribution in [0.3, 0.4) is 0 Å². The van der Waals surface area contributed by atoms with Crippen molar-refractivity contribution in [3.05, 3.63) is 53.9 Å². The monoisotopic (exact) mass is 475 g/mol. The van der Waals surface area contributed by atoms with Gasteiger partial charge in [-0.1, -0.05) is 18.0 Å². The SMILES string of the molecule is C[C@H]1OC[C@]2(c3cc(NC(=O)c4cn[c-]cn4)ccc3F)N=C(N)SC[C@H]12.[Y]. The Morgan fingerprint density at radius 1 is 1.50 bits per heavy atom. The van der Waals surface area contributed by atoms with E-state index >= 15 is 0 Å². The summed E-state index contributed by atoms with van der Waals surface area (Å²) in [4.78, 5) is 24.6. The maximum Gasteiger partial charge on any atom is 0.257 e. The number of nitrogens with two attached hydrogens (primary N) is 1. The first-order chi connectivity index (χ1) is 13.0. The fraction of sp³-hybridized carbons (Fsp3) is 0.333. The van der Waals surface area contributed by atoms with E-state index in [1.165, 1.54) is 36.3 Å². The zero-order chi connectivity index (χ0) is 19.0. The maximum absolute atomic E-state index is 14.8. The molecule has 10 heteroatoms. The minimum absolute atomic E-state index is 0. The van der Waals surface area contributed by atoms with E-state index in [1.54, 1.807) is 6.07 Å². The normalized spacial score (nSPS) is 26.0. The predicted octanol–water partition coefficient (Wildman–Crippen LogP) is 1.96.